The molecule has 0 heterocycles. The molecule has 1 aromatic rings. The molecular formula is C13H14O2. The first-order chi connectivity index (χ1) is 7.33. The van der Waals surface area contributed by atoms with Gasteiger partial charge in [-0.25, -0.2) is 0 Å². The van der Waals surface area contributed by atoms with Crippen LogP contribution in [-0.4, -0.2) is 11.2 Å². The van der Waals surface area contributed by atoms with Crippen LogP contribution in [0.15, 0.2) is 42.7 Å². The van der Waals surface area contributed by atoms with Gasteiger partial charge in [-0.3, -0.25) is 0 Å². The Morgan fingerprint density at radius 1 is 1.33 bits per heavy atom. The quantitative estimate of drug-likeness (QED) is 0.747. The summed E-state index contributed by atoms with van der Waals surface area (Å²) in [6.07, 6.45) is 6.41. The number of aliphatic hydroxyl groups is 1. The van der Waals surface area contributed by atoms with Crippen molar-refractivity contribution in [3.8, 4) is 0 Å². The molecule has 0 radical (unpaired) electrons. The number of aliphatic hydroxyl groups excluding tert-OH is 1. The predicted molar refractivity (Wildman–Crippen MR) is 60.1 cm³/mol. The molecule has 1 aliphatic carbocycles. The van der Waals surface area contributed by atoms with Gasteiger partial charge in [0, 0.05) is 0 Å². The van der Waals surface area contributed by atoms with E-state index >= 15 is 0 Å². The molecule has 2 heteroatoms. The Balaban J connectivity index is 2.25. The van der Waals surface area contributed by atoms with Gasteiger partial charge in [0.05, 0.1) is 6.26 Å². The molecule has 0 saturated carbocycles. The SMILES string of the molecule is C/C=C/O[C@H]1C=Cc2ccccc2[C@@H]1O. The lowest BCUT2D eigenvalue weighted by molar-refractivity contribution is 0.0356. The summed E-state index contributed by atoms with van der Waals surface area (Å²) >= 11 is 0. The van der Waals surface area contributed by atoms with Crippen LogP contribution < -0.4 is 0 Å². The summed E-state index contributed by atoms with van der Waals surface area (Å²) in [4.78, 5) is 0. The van der Waals surface area contributed by atoms with E-state index in [-0.39, 0.29) is 6.10 Å². The van der Waals surface area contributed by atoms with Gasteiger partial charge in [0.1, 0.15) is 12.2 Å². The molecule has 0 amide bonds. The summed E-state index contributed by atoms with van der Waals surface area (Å²) in [6.45, 7) is 1.88. The molecule has 2 atom stereocenters. The molecule has 1 aliphatic rings. The fourth-order valence-corrected chi connectivity index (χ4v) is 1.70. The molecule has 2 rings (SSSR count). The van der Waals surface area contributed by atoms with Crippen LogP contribution in [0.25, 0.3) is 6.08 Å². The number of benzene rings is 1. The van der Waals surface area contributed by atoms with Crippen LogP contribution in [0.1, 0.15) is 24.2 Å². The van der Waals surface area contributed by atoms with Gasteiger partial charge in [-0.2, -0.15) is 0 Å². The summed E-state index contributed by atoms with van der Waals surface area (Å²) in [6, 6.07) is 7.80. The molecule has 1 aromatic carbocycles. The minimum atomic E-state index is -0.581. The summed E-state index contributed by atoms with van der Waals surface area (Å²) in [5.41, 5.74) is 1.99. The molecular weight excluding hydrogens is 188 g/mol. The lowest BCUT2D eigenvalue weighted by Crippen LogP contribution is -2.21. The van der Waals surface area contributed by atoms with E-state index < -0.39 is 6.10 Å². The van der Waals surface area contributed by atoms with Crippen molar-refractivity contribution < 1.29 is 9.84 Å². The van der Waals surface area contributed by atoms with E-state index in [0.29, 0.717) is 0 Å². The highest BCUT2D eigenvalue weighted by molar-refractivity contribution is 5.58. The van der Waals surface area contributed by atoms with Crippen molar-refractivity contribution in [1.82, 2.24) is 0 Å². The second-order valence-corrected chi connectivity index (χ2v) is 3.50. The first-order valence-electron chi connectivity index (χ1n) is 5.04. The molecule has 78 valence electrons. The van der Waals surface area contributed by atoms with Gasteiger partial charge in [-0.05, 0) is 24.1 Å². The fraction of sp³-hybridized carbons (Fsp3) is 0.231. The lowest BCUT2D eigenvalue weighted by Gasteiger charge is -2.24. The van der Waals surface area contributed by atoms with Crippen LogP contribution in [0.5, 0.6) is 0 Å². The van der Waals surface area contributed by atoms with E-state index in [4.69, 9.17) is 4.74 Å². The first kappa shape index (κ1) is 9.99. The topological polar surface area (TPSA) is 29.5 Å². The zero-order valence-electron chi connectivity index (χ0n) is 8.63. The van der Waals surface area contributed by atoms with Crippen LogP contribution in [0.4, 0.5) is 0 Å². The Bertz CT molecular complexity index is 393. The minimum Gasteiger partial charge on any atom is -0.491 e. The maximum absolute atomic E-state index is 10.0. The van der Waals surface area contributed by atoms with Crippen molar-refractivity contribution in [2.45, 2.75) is 19.1 Å². The van der Waals surface area contributed by atoms with Gasteiger partial charge < -0.3 is 9.84 Å². The normalized spacial score (nSPS) is 24.1. The van der Waals surface area contributed by atoms with Crippen molar-refractivity contribution in [1.29, 1.82) is 0 Å². The van der Waals surface area contributed by atoms with E-state index in [9.17, 15) is 5.11 Å². The Morgan fingerprint density at radius 3 is 2.93 bits per heavy atom. The molecule has 15 heavy (non-hydrogen) atoms. The van der Waals surface area contributed by atoms with Crippen LogP contribution in [0.2, 0.25) is 0 Å². The largest absolute Gasteiger partial charge is 0.491 e. The van der Waals surface area contributed by atoms with Gasteiger partial charge in [0.2, 0.25) is 0 Å². The van der Waals surface area contributed by atoms with Gasteiger partial charge >= 0.3 is 0 Å². The standard InChI is InChI=1S/C13H14O2/c1-2-9-15-12-8-7-10-5-3-4-6-11(10)13(12)14/h2-9,12-14H,1H3/b9-2+/t12-,13-/m0/s1. The molecule has 0 aliphatic heterocycles. The Labute approximate surface area is 89.5 Å². The smallest absolute Gasteiger partial charge is 0.146 e. The van der Waals surface area contributed by atoms with Gasteiger partial charge in [0.25, 0.3) is 0 Å². The van der Waals surface area contributed by atoms with E-state index in [1.165, 1.54) is 0 Å². The average Bonchev–Trinajstić information content (AvgIpc) is 2.29. The molecule has 0 aromatic heterocycles. The molecule has 0 unspecified atom stereocenters. The second kappa shape index (κ2) is 4.32. The third-order valence-corrected chi connectivity index (χ3v) is 2.46. The molecule has 1 N–H and O–H groups in total. The Hall–Kier alpha value is -1.54. The lowest BCUT2D eigenvalue weighted by atomic mass is 9.93. The van der Waals surface area contributed by atoms with Gasteiger partial charge in [0.15, 0.2) is 0 Å². The van der Waals surface area contributed by atoms with Gasteiger partial charge in [-0.1, -0.05) is 36.4 Å². The van der Waals surface area contributed by atoms with Gasteiger partial charge in [-0.15, -0.1) is 0 Å². The van der Waals surface area contributed by atoms with E-state index in [1.54, 1.807) is 12.3 Å². The molecule has 0 fully saturated rings. The number of hydrogen-bond donors (Lipinski definition) is 1. The van der Waals surface area contributed by atoms with Crippen LogP contribution in [0.3, 0.4) is 0 Å². The Kier molecular flexibility index (Phi) is 2.88. The highest BCUT2D eigenvalue weighted by Gasteiger charge is 2.24. The summed E-state index contributed by atoms with van der Waals surface area (Å²) in [5.74, 6) is 0. The van der Waals surface area contributed by atoms with E-state index in [1.807, 2.05) is 43.3 Å². The second-order valence-electron chi connectivity index (χ2n) is 3.50. The highest BCUT2D eigenvalue weighted by atomic mass is 16.5. The third-order valence-electron chi connectivity index (χ3n) is 2.46. The van der Waals surface area contributed by atoms with Crippen molar-refractivity contribution in [3.05, 3.63) is 53.8 Å². The molecule has 0 spiro atoms. The fourth-order valence-electron chi connectivity index (χ4n) is 1.70. The van der Waals surface area contributed by atoms with Crippen LogP contribution >= 0.6 is 0 Å². The summed E-state index contributed by atoms with van der Waals surface area (Å²) in [5, 5.41) is 10.0. The third kappa shape index (κ3) is 1.95. The monoisotopic (exact) mass is 202 g/mol. The molecule has 0 bridgehead atoms. The van der Waals surface area contributed by atoms with Crippen molar-refractivity contribution in [2.24, 2.45) is 0 Å². The first-order valence-corrected chi connectivity index (χ1v) is 5.04. The number of ether oxygens (including phenoxy) is 1. The summed E-state index contributed by atoms with van der Waals surface area (Å²) < 4.78 is 5.38. The Morgan fingerprint density at radius 2 is 2.13 bits per heavy atom. The van der Waals surface area contributed by atoms with Crippen molar-refractivity contribution >= 4 is 6.08 Å². The van der Waals surface area contributed by atoms with Crippen molar-refractivity contribution in [2.75, 3.05) is 0 Å². The molecule has 2 nitrogen and oxygen atoms in total. The number of hydrogen-bond acceptors (Lipinski definition) is 2. The average molecular weight is 202 g/mol. The summed E-state index contributed by atoms with van der Waals surface area (Å²) in [7, 11) is 0. The van der Waals surface area contributed by atoms with Crippen molar-refractivity contribution in [3.63, 3.8) is 0 Å². The maximum Gasteiger partial charge on any atom is 0.146 e. The van der Waals surface area contributed by atoms with Crippen LogP contribution in [0, 0.1) is 0 Å². The number of rotatable bonds is 2. The zero-order chi connectivity index (χ0) is 10.7. The van der Waals surface area contributed by atoms with E-state index in [2.05, 4.69) is 0 Å². The number of fused-ring (bicyclic) bond motifs is 1. The number of allylic oxidation sites excluding steroid dienone is 1. The predicted octanol–water partition coefficient (Wildman–Crippen LogP) is 2.67. The molecule has 0 saturated heterocycles. The van der Waals surface area contributed by atoms with E-state index in [0.717, 1.165) is 11.1 Å². The van der Waals surface area contributed by atoms with Crippen LogP contribution in [-0.2, 0) is 4.74 Å². The zero-order valence-corrected chi connectivity index (χ0v) is 8.63. The maximum atomic E-state index is 10.0. The minimum absolute atomic E-state index is 0.281. The highest BCUT2D eigenvalue weighted by Crippen LogP contribution is 2.29.